The lowest BCUT2D eigenvalue weighted by Gasteiger charge is -2.21. The normalized spacial score (nSPS) is 11.8. The first-order valence-electron chi connectivity index (χ1n) is 6.41. The van der Waals surface area contributed by atoms with Crippen LogP contribution >= 0.6 is 0 Å². The highest BCUT2D eigenvalue weighted by atomic mass is 32.2. The molecule has 0 fully saturated rings. The van der Waals surface area contributed by atoms with Crippen LogP contribution in [0.3, 0.4) is 0 Å². The van der Waals surface area contributed by atoms with Crippen molar-refractivity contribution in [3.8, 4) is 5.75 Å². The Balaban J connectivity index is 3.17. The summed E-state index contributed by atoms with van der Waals surface area (Å²) >= 11 is 0. The van der Waals surface area contributed by atoms with Gasteiger partial charge in [0.2, 0.25) is 10.0 Å². The second-order valence-corrected chi connectivity index (χ2v) is 6.25. The maximum atomic E-state index is 12.5. The van der Waals surface area contributed by atoms with Crippen LogP contribution in [0, 0.1) is 0 Å². The summed E-state index contributed by atoms with van der Waals surface area (Å²) in [5, 5.41) is 0. The number of ether oxygens (including phenoxy) is 1. The highest BCUT2D eigenvalue weighted by Gasteiger charge is 2.23. The number of hydrogen-bond acceptors (Lipinski definition) is 4. The second-order valence-electron chi connectivity index (χ2n) is 4.31. The van der Waals surface area contributed by atoms with E-state index in [1.54, 1.807) is 6.07 Å². The minimum absolute atomic E-state index is 0.223. The number of sulfonamides is 1. The van der Waals surface area contributed by atoms with Crippen molar-refractivity contribution < 1.29 is 13.2 Å². The van der Waals surface area contributed by atoms with Crippen LogP contribution in [0.4, 0.5) is 5.69 Å². The van der Waals surface area contributed by atoms with Crippen LogP contribution in [0.2, 0.25) is 0 Å². The van der Waals surface area contributed by atoms with E-state index in [2.05, 4.69) is 0 Å². The molecule has 0 aliphatic rings. The molecule has 0 radical (unpaired) electrons. The zero-order valence-corrected chi connectivity index (χ0v) is 12.5. The quantitative estimate of drug-likeness (QED) is 0.779. The van der Waals surface area contributed by atoms with Crippen LogP contribution in [-0.2, 0) is 10.0 Å². The van der Waals surface area contributed by atoms with Crippen LogP contribution < -0.4 is 10.5 Å². The summed E-state index contributed by atoms with van der Waals surface area (Å²) in [5.74, 6) is 0.383. The van der Waals surface area contributed by atoms with Gasteiger partial charge in [0.25, 0.3) is 0 Å². The van der Waals surface area contributed by atoms with Crippen molar-refractivity contribution in [1.82, 2.24) is 4.31 Å². The summed E-state index contributed by atoms with van der Waals surface area (Å²) in [5.41, 5.74) is 6.13. The zero-order valence-electron chi connectivity index (χ0n) is 11.7. The summed E-state index contributed by atoms with van der Waals surface area (Å²) in [4.78, 5) is 0.223. The standard InChI is InChI=1S/C13H22N2O3S/c1-4-8-15(9-5-2)19(16,17)11-6-7-12(14)13(10-11)18-3/h6-7,10H,4-5,8-9,14H2,1-3H3. The molecule has 1 aromatic carbocycles. The van der Waals surface area contributed by atoms with Gasteiger partial charge in [-0.1, -0.05) is 13.8 Å². The van der Waals surface area contributed by atoms with E-state index >= 15 is 0 Å². The molecule has 108 valence electrons. The summed E-state index contributed by atoms with van der Waals surface area (Å²) < 4.78 is 31.6. The molecule has 0 heterocycles. The van der Waals surface area contributed by atoms with Gasteiger partial charge in [-0.25, -0.2) is 8.42 Å². The van der Waals surface area contributed by atoms with Gasteiger partial charge in [0, 0.05) is 19.2 Å². The van der Waals surface area contributed by atoms with Gasteiger partial charge in [-0.15, -0.1) is 0 Å². The Morgan fingerprint density at radius 2 is 1.79 bits per heavy atom. The minimum Gasteiger partial charge on any atom is -0.495 e. The van der Waals surface area contributed by atoms with E-state index < -0.39 is 10.0 Å². The van der Waals surface area contributed by atoms with Gasteiger partial charge in [-0.3, -0.25) is 0 Å². The average molecular weight is 286 g/mol. The van der Waals surface area contributed by atoms with Crippen LogP contribution in [0.25, 0.3) is 0 Å². The Labute approximate surface area is 115 Å². The van der Waals surface area contributed by atoms with Crippen molar-refractivity contribution >= 4 is 15.7 Å². The molecule has 0 unspecified atom stereocenters. The highest BCUT2D eigenvalue weighted by Crippen LogP contribution is 2.26. The van der Waals surface area contributed by atoms with Crippen LogP contribution in [0.5, 0.6) is 5.75 Å². The number of benzene rings is 1. The van der Waals surface area contributed by atoms with Gasteiger partial charge in [-0.05, 0) is 25.0 Å². The molecule has 1 aromatic rings. The molecule has 0 saturated heterocycles. The van der Waals surface area contributed by atoms with E-state index in [0.717, 1.165) is 12.8 Å². The molecular weight excluding hydrogens is 264 g/mol. The van der Waals surface area contributed by atoms with Gasteiger partial charge in [0.15, 0.2) is 0 Å². The third-order valence-electron chi connectivity index (χ3n) is 2.79. The lowest BCUT2D eigenvalue weighted by Crippen LogP contribution is -2.32. The van der Waals surface area contributed by atoms with Gasteiger partial charge in [0.05, 0.1) is 17.7 Å². The molecule has 0 atom stereocenters. The zero-order chi connectivity index (χ0) is 14.5. The number of anilines is 1. The molecule has 0 aliphatic carbocycles. The van der Waals surface area contributed by atoms with Crippen molar-refractivity contribution in [2.24, 2.45) is 0 Å². The third kappa shape index (κ3) is 3.61. The van der Waals surface area contributed by atoms with Gasteiger partial charge < -0.3 is 10.5 Å². The fourth-order valence-corrected chi connectivity index (χ4v) is 3.49. The van der Waals surface area contributed by atoms with Crippen molar-refractivity contribution in [2.75, 3.05) is 25.9 Å². The molecule has 0 bridgehead atoms. The van der Waals surface area contributed by atoms with Crippen molar-refractivity contribution in [3.05, 3.63) is 18.2 Å². The maximum Gasteiger partial charge on any atom is 0.243 e. The maximum absolute atomic E-state index is 12.5. The van der Waals surface area contributed by atoms with E-state index in [9.17, 15) is 8.42 Å². The number of rotatable bonds is 7. The minimum atomic E-state index is -3.48. The van der Waals surface area contributed by atoms with Gasteiger partial charge in [-0.2, -0.15) is 4.31 Å². The average Bonchev–Trinajstić information content (AvgIpc) is 2.38. The van der Waals surface area contributed by atoms with E-state index in [0.29, 0.717) is 24.5 Å². The number of methoxy groups -OCH3 is 1. The van der Waals surface area contributed by atoms with Crippen molar-refractivity contribution in [1.29, 1.82) is 0 Å². The predicted octanol–water partition coefficient (Wildman–Crippen LogP) is 2.09. The van der Waals surface area contributed by atoms with Crippen LogP contribution in [0.15, 0.2) is 23.1 Å². The lowest BCUT2D eigenvalue weighted by atomic mass is 10.3. The number of hydrogen-bond donors (Lipinski definition) is 1. The number of nitrogens with zero attached hydrogens (tertiary/aromatic N) is 1. The molecule has 1 rings (SSSR count). The van der Waals surface area contributed by atoms with Crippen molar-refractivity contribution in [3.63, 3.8) is 0 Å². The van der Waals surface area contributed by atoms with Gasteiger partial charge in [0.1, 0.15) is 5.75 Å². The topological polar surface area (TPSA) is 72.6 Å². The molecule has 0 aromatic heterocycles. The first-order valence-corrected chi connectivity index (χ1v) is 7.85. The Morgan fingerprint density at radius 1 is 1.21 bits per heavy atom. The van der Waals surface area contributed by atoms with E-state index in [4.69, 9.17) is 10.5 Å². The fourth-order valence-electron chi connectivity index (χ4n) is 1.85. The summed E-state index contributed by atoms with van der Waals surface area (Å²) in [6.45, 7) is 4.95. The molecule has 0 spiro atoms. The predicted molar refractivity (Wildman–Crippen MR) is 76.7 cm³/mol. The smallest absolute Gasteiger partial charge is 0.243 e. The van der Waals surface area contributed by atoms with E-state index in [1.165, 1.54) is 23.5 Å². The number of nitrogen functional groups attached to an aromatic ring is 1. The first-order chi connectivity index (χ1) is 8.97. The third-order valence-corrected chi connectivity index (χ3v) is 4.68. The van der Waals surface area contributed by atoms with Crippen LogP contribution in [-0.4, -0.2) is 32.9 Å². The molecule has 6 heteroatoms. The number of nitrogens with two attached hydrogens (primary N) is 1. The van der Waals surface area contributed by atoms with Crippen molar-refractivity contribution in [2.45, 2.75) is 31.6 Å². The molecule has 0 amide bonds. The SMILES string of the molecule is CCCN(CCC)S(=O)(=O)c1ccc(N)c(OC)c1. The Hall–Kier alpha value is -1.27. The molecule has 0 aliphatic heterocycles. The fraction of sp³-hybridized carbons (Fsp3) is 0.538. The van der Waals surface area contributed by atoms with E-state index in [-0.39, 0.29) is 4.90 Å². The highest BCUT2D eigenvalue weighted by molar-refractivity contribution is 7.89. The Morgan fingerprint density at radius 3 is 2.26 bits per heavy atom. The monoisotopic (exact) mass is 286 g/mol. The van der Waals surface area contributed by atoms with E-state index in [1.807, 2.05) is 13.8 Å². The van der Waals surface area contributed by atoms with Gasteiger partial charge >= 0.3 is 0 Å². The lowest BCUT2D eigenvalue weighted by molar-refractivity contribution is 0.405. The molecular formula is C13H22N2O3S. The molecule has 0 saturated carbocycles. The van der Waals surface area contributed by atoms with Crippen LogP contribution in [0.1, 0.15) is 26.7 Å². The Bertz CT molecular complexity index is 509. The first kappa shape index (κ1) is 15.8. The molecule has 5 nitrogen and oxygen atoms in total. The molecule has 2 N–H and O–H groups in total. The Kier molecular flexibility index (Phi) is 5.62. The summed E-state index contributed by atoms with van der Waals surface area (Å²) in [6.07, 6.45) is 1.57. The second kappa shape index (κ2) is 6.77. The summed E-state index contributed by atoms with van der Waals surface area (Å²) in [7, 11) is -2.01. The largest absolute Gasteiger partial charge is 0.495 e. The molecule has 19 heavy (non-hydrogen) atoms. The summed E-state index contributed by atoms with van der Waals surface area (Å²) in [6, 6.07) is 4.55.